The smallest absolute Gasteiger partial charge is 0.127 e. The summed E-state index contributed by atoms with van der Waals surface area (Å²) in [6, 6.07) is 15.7. The molecular weight excluding hydrogens is 308 g/mol. The van der Waals surface area contributed by atoms with E-state index in [0.717, 1.165) is 38.3 Å². The van der Waals surface area contributed by atoms with Crippen LogP contribution in [0.2, 0.25) is 0 Å². The number of ether oxygens (including phenoxy) is 1. The van der Waals surface area contributed by atoms with Crippen molar-refractivity contribution < 1.29 is 4.74 Å². The molecule has 2 aliphatic rings. The highest BCUT2D eigenvalue weighted by molar-refractivity contribution is 5.81. The van der Waals surface area contributed by atoms with Crippen LogP contribution in [0.4, 0.5) is 5.69 Å². The van der Waals surface area contributed by atoms with E-state index in [1.54, 1.807) is 0 Å². The highest BCUT2D eigenvalue weighted by Gasteiger charge is 2.35. The molecule has 2 atom stereocenters. The molecule has 0 aromatic heterocycles. The van der Waals surface area contributed by atoms with Gasteiger partial charge in [0, 0.05) is 23.2 Å². The molecule has 2 aromatic rings. The predicted octanol–water partition coefficient (Wildman–Crippen LogP) is 4.79. The number of rotatable bonds is 5. The van der Waals surface area contributed by atoms with Gasteiger partial charge in [-0.1, -0.05) is 43.7 Å². The average molecular weight is 336 g/mol. The van der Waals surface area contributed by atoms with Crippen LogP contribution in [0.1, 0.15) is 44.1 Å². The first kappa shape index (κ1) is 16.5. The number of hydrogen-bond donors (Lipinski definition) is 2. The van der Waals surface area contributed by atoms with Crippen molar-refractivity contribution in [3.8, 4) is 16.9 Å². The zero-order valence-electron chi connectivity index (χ0n) is 15.1. The summed E-state index contributed by atoms with van der Waals surface area (Å²) in [6.45, 7) is 5.20. The van der Waals surface area contributed by atoms with Crippen molar-refractivity contribution in [3.05, 3.63) is 48.0 Å². The zero-order chi connectivity index (χ0) is 17.1. The van der Waals surface area contributed by atoms with Gasteiger partial charge in [-0.05, 0) is 55.6 Å². The molecule has 25 heavy (non-hydrogen) atoms. The first-order chi connectivity index (χ1) is 12.4. The Morgan fingerprint density at radius 1 is 1.00 bits per heavy atom. The summed E-state index contributed by atoms with van der Waals surface area (Å²) in [4.78, 5) is 0. The van der Waals surface area contributed by atoms with Crippen molar-refractivity contribution in [1.29, 1.82) is 0 Å². The Hall–Kier alpha value is -2.00. The highest BCUT2D eigenvalue weighted by atomic mass is 16.5. The highest BCUT2D eigenvalue weighted by Crippen LogP contribution is 2.46. The molecule has 0 saturated carbocycles. The van der Waals surface area contributed by atoms with Gasteiger partial charge in [0.1, 0.15) is 5.75 Å². The number of benzene rings is 2. The maximum Gasteiger partial charge on any atom is 0.127 e. The van der Waals surface area contributed by atoms with Gasteiger partial charge in [0.2, 0.25) is 0 Å². The van der Waals surface area contributed by atoms with Gasteiger partial charge in [-0.25, -0.2) is 0 Å². The number of unbranched alkanes of at least 4 members (excludes halogenated alkanes) is 1. The lowest BCUT2D eigenvalue weighted by atomic mass is 9.85. The second-order valence-corrected chi connectivity index (χ2v) is 7.15. The molecule has 2 heterocycles. The molecule has 0 spiro atoms. The lowest BCUT2D eigenvalue weighted by molar-refractivity contribution is 0.310. The molecular formula is C22H28N2O. The molecule has 2 N–H and O–H groups in total. The van der Waals surface area contributed by atoms with Gasteiger partial charge in [0.25, 0.3) is 0 Å². The van der Waals surface area contributed by atoms with E-state index in [1.165, 1.54) is 35.2 Å². The third-order valence-corrected chi connectivity index (χ3v) is 5.50. The Kier molecular flexibility index (Phi) is 4.93. The van der Waals surface area contributed by atoms with Crippen molar-refractivity contribution in [2.75, 3.05) is 25.0 Å². The Balaban J connectivity index is 1.72. The van der Waals surface area contributed by atoms with E-state index in [-0.39, 0.29) is 0 Å². The van der Waals surface area contributed by atoms with Gasteiger partial charge >= 0.3 is 0 Å². The van der Waals surface area contributed by atoms with Crippen LogP contribution in [0, 0.1) is 0 Å². The minimum atomic E-state index is 0.555. The third-order valence-electron chi connectivity index (χ3n) is 5.50. The van der Waals surface area contributed by atoms with Crippen LogP contribution in [0.25, 0.3) is 11.1 Å². The lowest BCUT2D eigenvalue weighted by Crippen LogP contribution is -2.21. The van der Waals surface area contributed by atoms with Crippen LogP contribution in [-0.4, -0.2) is 25.7 Å². The summed E-state index contributed by atoms with van der Waals surface area (Å²) in [6.07, 6.45) is 4.64. The molecule has 2 aliphatic heterocycles. The van der Waals surface area contributed by atoms with Crippen molar-refractivity contribution in [2.45, 2.75) is 44.6 Å². The first-order valence-electron chi connectivity index (χ1n) is 9.71. The fourth-order valence-electron chi connectivity index (χ4n) is 4.23. The van der Waals surface area contributed by atoms with E-state index in [9.17, 15) is 0 Å². The maximum absolute atomic E-state index is 6.12. The summed E-state index contributed by atoms with van der Waals surface area (Å²) in [7, 11) is 0. The normalized spacial score (nSPS) is 21.8. The fourth-order valence-corrected chi connectivity index (χ4v) is 4.23. The first-order valence-corrected chi connectivity index (χ1v) is 9.71. The molecule has 2 unspecified atom stereocenters. The van der Waals surface area contributed by atoms with E-state index in [1.807, 2.05) is 0 Å². The van der Waals surface area contributed by atoms with Crippen molar-refractivity contribution in [2.24, 2.45) is 0 Å². The Labute approximate surface area is 150 Å². The quantitative estimate of drug-likeness (QED) is 0.770. The van der Waals surface area contributed by atoms with E-state index < -0.39 is 0 Å². The number of anilines is 1. The Morgan fingerprint density at radius 3 is 2.76 bits per heavy atom. The monoisotopic (exact) mass is 336 g/mol. The van der Waals surface area contributed by atoms with Gasteiger partial charge < -0.3 is 15.4 Å². The van der Waals surface area contributed by atoms with Crippen molar-refractivity contribution in [3.63, 3.8) is 0 Å². The molecule has 1 fully saturated rings. The van der Waals surface area contributed by atoms with E-state index in [2.05, 4.69) is 60.0 Å². The fraction of sp³-hybridized carbons (Fsp3) is 0.455. The molecule has 0 amide bonds. The van der Waals surface area contributed by atoms with Crippen LogP contribution in [0.15, 0.2) is 42.5 Å². The maximum atomic E-state index is 6.12. The van der Waals surface area contributed by atoms with Crippen LogP contribution in [0.5, 0.6) is 5.75 Å². The van der Waals surface area contributed by atoms with Gasteiger partial charge in [-0.3, -0.25) is 0 Å². The molecule has 1 saturated heterocycles. The molecule has 132 valence electrons. The molecule has 3 nitrogen and oxygen atoms in total. The molecule has 2 aromatic carbocycles. The number of hydrogen-bond acceptors (Lipinski definition) is 3. The summed E-state index contributed by atoms with van der Waals surface area (Å²) in [5, 5.41) is 7.32. The summed E-state index contributed by atoms with van der Waals surface area (Å²) in [5.74, 6) is 1.60. The Bertz CT molecular complexity index is 728. The van der Waals surface area contributed by atoms with E-state index in [4.69, 9.17) is 4.74 Å². The summed E-state index contributed by atoms with van der Waals surface area (Å²) < 4.78 is 6.12. The molecule has 0 aliphatic carbocycles. The van der Waals surface area contributed by atoms with Gasteiger partial charge in [-0.2, -0.15) is 0 Å². The van der Waals surface area contributed by atoms with Crippen molar-refractivity contribution >= 4 is 5.69 Å². The van der Waals surface area contributed by atoms with Crippen LogP contribution >= 0.6 is 0 Å². The van der Waals surface area contributed by atoms with Gasteiger partial charge in [0.15, 0.2) is 0 Å². The average Bonchev–Trinajstić information content (AvgIpc) is 2.84. The topological polar surface area (TPSA) is 33.3 Å². The summed E-state index contributed by atoms with van der Waals surface area (Å²) >= 11 is 0. The second-order valence-electron chi connectivity index (χ2n) is 7.15. The largest absolute Gasteiger partial charge is 0.493 e. The van der Waals surface area contributed by atoms with Crippen LogP contribution in [-0.2, 0) is 0 Å². The van der Waals surface area contributed by atoms with Crippen LogP contribution < -0.4 is 15.4 Å². The second kappa shape index (κ2) is 7.49. The van der Waals surface area contributed by atoms with Gasteiger partial charge in [-0.15, -0.1) is 0 Å². The number of fused-ring (bicyclic) bond motifs is 3. The van der Waals surface area contributed by atoms with E-state index >= 15 is 0 Å². The standard InChI is InChI=1S/C22H28N2O/c1-2-3-15-25-21-10-5-4-7-16(21)17-8-6-9-20-22(17)18-11-13-23-14-12-19(18)24-20/h4-10,18-19,23-24H,2-3,11-15H2,1H3. The third kappa shape index (κ3) is 3.25. The van der Waals surface area contributed by atoms with Crippen molar-refractivity contribution in [1.82, 2.24) is 5.32 Å². The number of nitrogens with one attached hydrogen (secondary N) is 2. The summed E-state index contributed by atoms with van der Waals surface area (Å²) in [5.41, 5.74) is 5.38. The minimum absolute atomic E-state index is 0.555. The Morgan fingerprint density at radius 2 is 1.84 bits per heavy atom. The SMILES string of the molecule is CCCCOc1ccccc1-c1cccc2c1C1CCNCCC1N2. The molecule has 3 heteroatoms. The number of para-hydroxylation sites is 1. The van der Waals surface area contributed by atoms with Crippen LogP contribution in [0.3, 0.4) is 0 Å². The zero-order valence-corrected chi connectivity index (χ0v) is 15.1. The lowest BCUT2D eigenvalue weighted by Gasteiger charge is -2.19. The van der Waals surface area contributed by atoms with Gasteiger partial charge in [0.05, 0.1) is 6.61 Å². The predicted molar refractivity (Wildman–Crippen MR) is 105 cm³/mol. The van der Waals surface area contributed by atoms with E-state index in [0.29, 0.717) is 12.0 Å². The molecule has 0 bridgehead atoms. The minimum Gasteiger partial charge on any atom is -0.493 e. The molecule has 0 radical (unpaired) electrons. The molecule has 4 rings (SSSR count).